The van der Waals surface area contributed by atoms with Gasteiger partial charge in [-0.3, -0.25) is 0 Å². The Morgan fingerprint density at radius 2 is 2.30 bits per heavy atom. The first-order valence-electron chi connectivity index (χ1n) is 7.81. The number of halogens is 2. The normalized spacial score (nSPS) is 22.1. The second-order valence-corrected chi connectivity index (χ2v) is 6.32. The Balaban J connectivity index is 2.16. The topological polar surface area (TPSA) is 35.2 Å². The molecular formula is C19H23ClFNO. The molecule has 1 aromatic carbocycles. The highest BCUT2D eigenvalue weighted by Crippen LogP contribution is 2.31. The van der Waals surface area contributed by atoms with Crippen LogP contribution in [0.5, 0.6) is 0 Å². The molecule has 23 heavy (non-hydrogen) atoms. The van der Waals surface area contributed by atoms with Gasteiger partial charge in [0.2, 0.25) is 0 Å². The van der Waals surface area contributed by atoms with Gasteiger partial charge in [-0.05, 0) is 54.7 Å². The van der Waals surface area contributed by atoms with Gasteiger partial charge in [0, 0.05) is 17.5 Å². The van der Waals surface area contributed by atoms with Crippen molar-refractivity contribution in [3.05, 3.63) is 70.2 Å². The maximum absolute atomic E-state index is 14.4. The SMILES string of the molecule is C=C1O[C@@H](CN)CC/C1=C/C(F)=C\C(C)c1c(C)cccc1Cl. The Labute approximate surface area is 142 Å². The molecule has 2 atom stereocenters. The number of ether oxygens (including phenoxy) is 1. The van der Waals surface area contributed by atoms with Crippen molar-refractivity contribution in [1.29, 1.82) is 0 Å². The van der Waals surface area contributed by atoms with Gasteiger partial charge < -0.3 is 10.5 Å². The molecule has 0 spiro atoms. The Bertz CT molecular complexity index is 631. The summed E-state index contributed by atoms with van der Waals surface area (Å²) in [5.74, 6) is 0.0923. The van der Waals surface area contributed by atoms with Crippen molar-refractivity contribution in [3.8, 4) is 0 Å². The van der Waals surface area contributed by atoms with Crippen LogP contribution in [0.3, 0.4) is 0 Å². The van der Waals surface area contributed by atoms with Crippen LogP contribution in [-0.4, -0.2) is 12.6 Å². The molecule has 1 saturated heterocycles. The zero-order valence-corrected chi connectivity index (χ0v) is 14.4. The number of benzene rings is 1. The molecule has 2 N–H and O–H groups in total. The second-order valence-electron chi connectivity index (χ2n) is 5.92. The number of hydrogen-bond donors (Lipinski definition) is 1. The largest absolute Gasteiger partial charge is 0.489 e. The summed E-state index contributed by atoms with van der Waals surface area (Å²) in [6.45, 7) is 8.21. The van der Waals surface area contributed by atoms with E-state index in [-0.39, 0.29) is 17.8 Å². The summed E-state index contributed by atoms with van der Waals surface area (Å²) in [6.07, 6.45) is 4.56. The molecule has 2 rings (SSSR count). The lowest BCUT2D eigenvalue weighted by Crippen LogP contribution is -2.27. The monoisotopic (exact) mass is 335 g/mol. The van der Waals surface area contributed by atoms with Crippen molar-refractivity contribution in [2.24, 2.45) is 5.73 Å². The molecule has 4 heteroatoms. The molecule has 0 aliphatic carbocycles. The van der Waals surface area contributed by atoms with Gasteiger partial charge in [-0.1, -0.05) is 37.2 Å². The Morgan fingerprint density at radius 1 is 1.57 bits per heavy atom. The lowest BCUT2D eigenvalue weighted by atomic mass is 9.95. The lowest BCUT2D eigenvalue weighted by Gasteiger charge is -2.26. The third-order valence-electron chi connectivity index (χ3n) is 4.11. The van der Waals surface area contributed by atoms with E-state index in [2.05, 4.69) is 6.58 Å². The van der Waals surface area contributed by atoms with Gasteiger partial charge in [-0.2, -0.15) is 0 Å². The molecule has 0 radical (unpaired) electrons. The highest BCUT2D eigenvalue weighted by atomic mass is 35.5. The van der Waals surface area contributed by atoms with Gasteiger partial charge in [0.05, 0.1) is 0 Å². The van der Waals surface area contributed by atoms with Crippen LogP contribution in [0, 0.1) is 6.92 Å². The van der Waals surface area contributed by atoms with Crippen LogP contribution in [0.2, 0.25) is 5.02 Å². The molecule has 1 fully saturated rings. The second kappa shape index (κ2) is 7.80. The molecule has 1 unspecified atom stereocenters. The average molecular weight is 336 g/mol. The third kappa shape index (κ3) is 4.46. The number of aryl methyl sites for hydroxylation is 1. The Hall–Kier alpha value is -1.58. The van der Waals surface area contributed by atoms with Crippen LogP contribution in [0.4, 0.5) is 4.39 Å². The van der Waals surface area contributed by atoms with Gasteiger partial charge in [0.15, 0.2) is 0 Å². The summed E-state index contributed by atoms with van der Waals surface area (Å²) in [6, 6.07) is 5.70. The molecule has 0 amide bonds. The number of hydrogen-bond acceptors (Lipinski definition) is 2. The number of rotatable bonds is 4. The molecule has 2 nitrogen and oxygen atoms in total. The first-order valence-corrected chi connectivity index (χ1v) is 8.19. The zero-order valence-electron chi connectivity index (χ0n) is 13.6. The van der Waals surface area contributed by atoms with E-state index < -0.39 is 0 Å². The van der Waals surface area contributed by atoms with E-state index in [4.69, 9.17) is 22.1 Å². The van der Waals surface area contributed by atoms with Crippen molar-refractivity contribution in [2.45, 2.75) is 38.7 Å². The van der Waals surface area contributed by atoms with Crippen LogP contribution in [0.25, 0.3) is 0 Å². The first kappa shape index (κ1) is 17.8. The summed E-state index contributed by atoms with van der Waals surface area (Å²) in [5, 5.41) is 0.658. The van der Waals surface area contributed by atoms with Gasteiger partial charge in [0.25, 0.3) is 0 Å². The van der Waals surface area contributed by atoms with E-state index >= 15 is 0 Å². The van der Waals surface area contributed by atoms with E-state index in [1.807, 2.05) is 32.0 Å². The maximum atomic E-state index is 14.4. The Morgan fingerprint density at radius 3 is 2.91 bits per heavy atom. The fraction of sp³-hybridized carbons (Fsp3) is 0.368. The lowest BCUT2D eigenvalue weighted by molar-refractivity contribution is 0.103. The van der Waals surface area contributed by atoms with Gasteiger partial charge in [-0.15, -0.1) is 0 Å². The summed E-state index contributed by atoms with van der Waals surface area (Å²) < 4.78 is 19.9. The molecule has 0 aromatic heterocycles. The zero-order chi connectivity index (χ0) is 17.0. The summed E-state index contributed by atoms with van der Waals surface area (Å²) >= 11 is 6.24. The van der Waals surface area contributed by atoms with Crippen LogP contribution in [0.1, 0.15) is 36.8 Å². The van der Waals surface area contributed by atoms with Gasteiger partial charge in [0.1, 0.15) is 17.7 Å². The van der Waals surface area contributed by atoms with Crippen LogP contribution >= 0.6 is 11.6 Å². The minimum Gasteiger partial charge on any atom is -0.489 e. The molecule has 0 bridgehead atoms. The van der Waals surface area contributed by atoms with Crippen molar-refractivity contribution >= 4 is 11.6 Å². The standard InChI is InChI=1S/C19H23ClFNO/c1-12-5-4-6-18(20)19(12)13(2)9-16(21)10-15-7-8-17(11-22)23-14(15)3/h4-6,9-10,13,17H,3,7-8,11,22H2,1-2H3/b15-10-,16-9+/t13?,17-/m1/s1. The third-order valence-corrected chi connectivity index (χ3v) is 4.44. The molecule has 1 aliphatic rings. The Kier molecular flexibility index (Phi) is 6.03. The van der Waals surface area contributed by atoms with Crippen molar-refractivity contribution < 1.29 is 9.13 Å². The van der Waals surface area contributed by atoms with Crippen LogP contribution in [-0.2, 0) is 4.74 Å². The highest BCUT2D eigenvalue weighted by molar-refractivity contribution is 6.31. The summed E-state index contributed by atoms with van der Waals surface area (Å²) in [4.78, 5) is 0. The molecule has 1 aromatic rings. The minimum atomic E-state index is -0.303. The molecule has 1 aliphatic heterocycles. The number of allylic oxidation sites excluding steroid dienone is 4. The smallest absolute Gasteiger partial charge is 0.120 e. The predicted molar refractivity (Wildman–Crippen MR) is 94.2 cm³/mol. The van der Waals surface area contributed by atoms with E-state index in [9.17, 15) is 4.39 Å². The van der Waals surface area contributed by atoms with Crippen molar-refractivity contribution in [3.63, 3.8) is 0 Å². The fourth-order valence-electron chi connectivity index (χ4n) is 2.87. The molecular weight excluding hydrogens is 313 g/mol. The predicted octanol–water partition coefficient (Wildman–Crippen LogP) is 5.18. The highest BCUT2D eigenvalue weighted by Gasteiger charge is 2.20. The van der Waals surface area contributed by atoms with E-state index in [1.165, 1.54) is 6.08 Å². The van der Waals surface area contributed by atoms with Crippen LogP contribution in [0.15, 0.2) is 54.1 Å². The van der Waals surface area contributed by atoms with Crippen molar-refractivity contribution in [1.82, 2.24) is 0 Å². The first-order chi connectivity index (χ1) is 10.9. The van der Waals surface area contributed by atoms with Gasteiger partial charge in [-0.25, -0.2) is 4.39 Å². The summed E-state index contributed by atoms with van der Waals surface area (Å²) in [5.41, 5.74) is 8.37. The van der Waals surface area contributed by atoms with Crippen LogP contribution < -0.4 is 5.73 Å². The summed E-state index contributed by atoms with van der Waals surface area (Å²) in [7, 11) is 0. The van der Waals surface area contributed by atoms with Gasteiger partial charge >= 0.3 is 0 Å². The quantitative estimate of drug-likeness (QED) is 0.822. The minimum absolute atomic E-state index is 0.0172. The molecule has 0 saturated carbocycles. The molecule has 124 valence electrons. The van der Waals surface area contributed by atoms with E-state index in [1.54, 1.807) is 6.08 Å². The van der Waals surface area contributed by atoms with E-state index in [0.29, 0.717) is 17.3 Å². The average Bonchev–Trinajstić information content (AvgIpc) is 2.49. The maximum Gasteiger partial charge on any atom is 0.120 e. The van der Waals surface area contributed by atoms with Crippen molar-refractivity contribution in [2.75, 3.05) is 6.54 Å². The fourth-order valence-corrected chi connectivity index (χ4v) is 3.26. The van der Waals surface area contributed by atoms with E-state index in [0.717, 1.165) is 29.5 Å². The molecule has 1 heterocycles. The number of nitrogens with two attached hydrogens (primary N) is 1.